The van der Waals surface area contributed by atoms with Crippen LogP contribution in [0.15, 0.2) is 6.07 Å². The number of nitrogens with zero attached hydrogens (tertiary/aromatic N) is 1. The number of aromatic nitrogens is 1. The Hall–Kier alpha value is -0.910. The van der Waals surface area contributed by atoms with Crippen molar-refractivity contribution in [1.82, 2.24) is 15.2 Å². The zero-order valence-electron chi connectivity index (χ0n) is 10.7. The molecular weight excluding hydrogens is 289 g/mol. The molecule has 2 rings (SSSR count). The second-order valence-corrected chi connectivity index (χ2v) is 5.79. The molecule has 1 aromatic heterocycles. The smallest absolute Gasteiger partial charge is 0.315 e. The van der Waals surface area contributed by atoms with E-state index in [1.165, 1.54) is 0 Å². The molecule has 1 aliphatic rings. The largest absolute Gasteiger partial charge is 0.396 e. The summed E-state index contributed by atoms with van der Waals surface area (Å²) < 4.78 is 1.72. The molecule has 1 aromatic rings. The lowest BCUT2D eigenvalue weighted by molar-refractivity contribution is 0.203. The summed E-state index contributed by atoms with van der Waals surface area (Å²) in [5.74, 6) is 0. The number of rotatable bonds is 5. The van der Waals surface area contributed by atoms with E-state index in [1.54, 1.807) is 17.7 Å². The second kappa shape index (κ2) is 5.61. The van der Waals surface area contributed by atoms with Gasteiger partial charge in [-0.3, -0.25) is 0 Å². The van der Waals surface area contributed by atoms with E-state index < -0.39 is 0 Å². The fourth-order valence-electron chi connectivity index (χ4n) is 1.83. The van der Waals surface area contributed by atoms with Gasteiger partial charge in [0.2, 0.25) is 0 Å². The van der Waals surface area contributed by atoms with Crippen LogP contribution in [0, 0.1) is 5.41 Å². The average Bonchev–Trinajstić information content (AvgIpc) is 3.15. The number of aliphatic hydroxyl groups excluding tert-OH is 1. The number of carbonyl (C=O) groups excluding carboxylic acids is 1. The van der Waals surface area contributed by atoms with Crippen LogP contribution >= 0.6 is 23.2 Å². The number of amides is 2. The molecule has 0 saturated heterocycles. The molecule has 0 unspecified atom stereocenters. The summed E-state index contributed by atoms with van der Waals surface area (Å²) in [6.45, 7) is 0.973. The number of hydrogen-bond donors (Lipinski definition) is 3. The van der Waals surface area contributed by atoms with Gasteiger partial charge < -0.3 is 20.3 Å². The highest BCUT2D eigenvalue weighted by Gasteiger charge is 2.42. The van der Waals surface area contributed by atoms with Crippen LogP contribution in [0.1, 0.15) is 18.5 Å². The molecule has 0 aliphatic heterocycles. The summed E-state index contributed by atoms with van der Waals surface area (Å²) in [6.07, 6.45) is 1.93. The zero-order valence-corrected chi connectivity index (χ0v) is 12.2. The molecule has 2 amide bonds. The zero-order chi connectivity index (χ0) is 14.0. The predicted molar refractivity (Wildman–Crippen MR) is 74.4 cm³/mol. The minimum Gasteiger partial charge on any atom is -0.396 e. The monoisotopic (exact) mass is 305 g/mol. The molecule has 3 N–H and O–H groups in total. The summed E-state index contributed by atoms with van der Waals surface area (Å²) in [4.78, 5) is 11.6. The highest BCUT2D eigenvalue weighted by Crippen LogP contribution is 2.44. The van der Waals surface area contributed by atoms with Crippen molar-refractivity contribution in [3.05, 3.63) is 21.9 Å². The van der Waals surface area contributed by atoms with Crippen LogP contribution in [-0.4, -0.2) is 28.9 Å². The van der Waals surface area contributed by atoms with Gasteiger partial charge in [0, 0.05) is 24.7 Å². The van der Waals surface area contributed by atoms with E-state index >= 15 is 0 Å². The molecule has 1 heterocycles. The van der Waals surface area contributed by atoms with Gasteiger partial charge in [-0.2, -0.15) is 0 Å². The summed E-state index contributed by atoms with van der Waals surface area (Å²) in [5.41, 5.74) is 0.739. The molecular formula is C12H17Cl2N3O2. The summed E-state index contributed by atoms with van der Waals surface area (Å²) >= 11 is 11.8. The van der Waals surface area contributed by atoms with E-state index in [0.717, 1.165) is 18.5 Å². The van der Waals surface area contributed by atoms with Crippen LogP contribution in [0.5, 0.6) is 0 Å². The standard InChI is InChI=1S/C12H17Cl2N3O2/c1-17-8(4-9(13)10(17)14)5-15-11(19)16-6-12(7-18)2-3-12/h4,18H,2-3,5-7H2,1H3,(H2,15,16,19). The van der Waals surface area contributed by atoms with Gasteiger partial charge in [-0.25, -0.2) is 4.79 Å². The van der Waals surface area contributed by atoms with Gasteiger partial charge in [0.25, 0.3) is 0 Å². The number of halogens is 2. The molecule has 0 aromatic carbocycles. The van der Waals surface area contributed by atoms with Gasteiger partial charge in [-0.1, -0.05) is 23.2 Å². The third-order valence-corrected chi connectivity index (χ3v) is 4.40. The van der Waals surface area contributed by atoms with Crippen LogP contribution in [0.4, 0.5) is 4.79 Å². The summed E-state index contributed by atoms with van der Waals surface area (Å²) in [6, 6.07) is 1.47. The Kier molecular flexibility index (Phi) is 4.28. The van der Waals surface area contributed by atoms with Gasteiger partial charge in [-0.15, -0.1) is 0 Å². The first-order valence-corrected chi connectivity index (χ1v) is 6.85. The number of urea groups is 1. The van der Waals surface area contributed by atoms with Crippen molar-refractivity contribution in [3.63, 3.8) is 0 Å². The quantitative estimate of drug-likeness (QED) is 0.778. The van der Waals surface area contributed by atoms with E-state index in [1.807, 2.05) is 0 Å². The summed E-state index contributed by atoms with van der Waals surface area (Å²) in [5, 5.41) is 15.6. The Morgan fingerprint density at radius 2 is 2.16 bits per heavy atom. The van der Waals surface area contributed by atoms with Gasteiger partial charge in [0.1, 0.15) is 5.15 Å². The van der Waals surface area contributed by atoms with Crippen molar-refractivity contribution in [2.75, 3.05) is 13.2 Å². The van der Waals surface area contributed by atoms with Crippen LogP contribution in [-0.2, 0) is 13.6 Å². The molecule has 19 heavy (non-hydrogen) atoms. The average molecular weight is 306 g/mol. The molecule has 7 heteroatoms. The number of aliphatic hydroxyl groups is 1. The van der Waals surface area contributed by atoms with E-state index in [2.05, 4.69) is 10.6 Å². The number of hydrogen-bond acceptors (Lipinski definition) is 2. The van der Waals surface area contributed by atoms with E-state index in [9.17, 15) is 4.79 Å². The molecule has 0 spiro atoms. The molecule has 1 fully saturated rings. The lowest BCUT2D eigenvalue weighted by Crippen LogP contribution is -2.39. The van der Waals surface area contributed by atoms with Crippen molar-refractivity contribution in [2.24, 2.45) is 12.5 Å². The van der Waals surface area contributed by atoms with Crippen molar-refractivity contribution in [2.45, 2.75) is 19.4 Å². The lowest BCUT2D eigenvalue weighted by atomic mass is 10.1. The minimum atomic E-state index is -0.256. The van der Waals surface area contributed by atoms with Gasteiger partial charge >= 0.3 is 6.03 Å². The maximum absolute atomic E-state index is 11.6. The molecule has 0 bridgehead atoms. The van der Waals surface area contributed by atoms with Crippen molar-refractivity contribution in [1.29, 1.82) is 0 Å². The SMILES string of the molecule is Cn1c(CNC(=O)NCC2(CO)CC2)cc(Cl)c1Cl. The molecule has 0 radical (unpaired) electrons. The first-order chi connectivity index (χ1) is 8.97. The highest BCUT2D eigenvalue weighted by molar-refractivity contribution is 6.41. The second-order valence-electron chi connectivity index (χ2n) is 5.03. The Balaban J connectivity index is 1.78. The van der Waals surface area contributed by atoms with Gasteiger partial charge in [0.05, 0.1) is 18.2 Å². The first kappa shape index (κ1) is 14.5. The van der Waals surface area contributed by atoms with Gasteiger partial charge in [0.15, 0.2) is 0 Å². The molecule has 1 saturated carbocycles. The van der Waals surface area contributed by atoms with Crippen molar-refractivity contribution >= 4 is 29.2 Å². The van der Waals surface area contributed by atoms with Crippen LogP contribution < -0.4 is 10.6 Å². The molecule has 0 atom stereocenters. The number of carbonyl (C=O) groups is 1. The maximum Gasteiger partial charge on any atom is 0.315 e. The molecule has 1 aliphatic carbocycles. The Morgan fingerprint density at radius 3 is 2.63 bits per heavy atom. The summed E-state index contributed by atoms with van der Waals surface area (Å²) in [7, 11) is 1.79. The topological polar surface area (TPSA) is 66.3 Å². The lowest BCUT2D eigenvalue weighted by Gasteiger charge is -2.13. The Morgan fingerprint density at radius 1 is 1.47 bits per heavy atom. The molecule has 106 valence electrons. The van der Waals surface area contributed by atoms with Crippen LogP contribution in [0.3, 0.4) is 0 Å². The van der Waals surface area contributed by atoms with E-state index in [0.29, 0.717) is 23.3 Å². The third-order valence-electron chi connectivity index (χ3n) is 3.56. The van der Waals surface area contributed by atoms with E-state index in [4.69, 9.17) is 28.3 Å². The predicted octanol–water partition coefficient (Wildman–Crippen LogP) is 1.90. The highest BCUT2D eigenvalue weighted by atomic mass is 35.5. The molecule has 5 nitrogen and oxygen atoms in total. The van der Waals surface area contributed by atoms with Crippen LogP contribution in [0.25, 0.3) is 0 Å². The fraction of sp³-hybridized carbons (Fsp3) is 0.583. The van der Waals surface area contributed by atoms with Crippen molar-refractivity contribution in [3.8, 4) is 0 Å². The van der Waals surface area contributed by atoms with Crippen LogP contribution in [0.2, 0.25) is 10.2 Å². The normalized spacial score (nSPS) is 16.2. The Bertz CT molecular complexity index is 484. The van der Waals surface area contributed by atoms with E-state index in [-0.39, 0.29) is 18.1 Å². The minimum absolute atomic E-state index is 0.0884. The Labute approximate surface area is 121 Å². The maximum atomic E-state index is 11.6. The van der Waals surface area contributed by atoms with Gasteiger partial charge in [-0.05, 0) is 18.9 Å². The number of nitrogens with one attached hydrogen (secondary N) is 2. The fourth-order valence-corrected chi connectivity index (χ4v) is 2.24. The van der Waals surface area contributed by atoms with Crippen molar-refractivity contribution < 1.29 is 9.90 Å². The first-order valence-electron chi connectivity index (χ1n) is 6.09. The third kappa shape index (κ3) is 3.35.